The highest BCUT2D eigenvalue weighted by Crippen LogP contribution is 2.29. The maximum Gasteiger partial charge on any atom is 0.350 e. The van der Waals surface area contributed by atoms with Gasteiger partial charge in [-0.25, -0.2) is 4.79 Å². The highest BCUT2D eigenvalue weighted by Gasteiger charge is 2.13. The Morgan fingerprint density at radius 2 is 1.68 bits per heavy atom. The predicted molar refractivity (Wildman–Crippen MR) is 86.0 cm³/mol. The van der Waals surface area contributed by atoms with Crippen LogP contribution < -0.4 is 0 Å². The molecule has 22 heavy (non-hydrogen) atoms. The summed E-state index contributed by atoms with van der Waals surface area (Å²) in [6.45, 7) is 1.96. The molecular weight excluding hydrogens is 276 g/mol. The minimum Gasteiger partial charge on any atom is -0.462 e. The molecule has 0 fully saturated rings. The van der Waals surface area contributed by atoms with Crippen LogP contribution in [0.2, 0.25) is 0 Å². The second-order valence-electron chi connectivity index (χ2n) is 4.78. The molecule has 108 valence electrons. The number of nitriles is 1. The van der Waals surface area contributed by atoms with E-state index in [0.717, 1.165) is 21.8 Å². The molecule has 3 aromatic rings. The zero-order valence-electron chi connectivity index (χ0n) is 12.1. The standard InChI is InChI=1S/C18H14N2O2/c1-2-22-18(21)13(11-19)12-20-16-9-5-3-7-14(16)15-8-4-6-10-17(15)20/h3-10,12H,2H2,1H3/b13-12+. The van der Waals surface area contributed by atoms with E-state index in [1.54, 1.807) is 13.1 Å². The molecule has 0 saturated carbocycles. The number of ether oxygens (including phenoxy) is 1. The number of rotatable bonds is 3. The number of aromatic nitrogens is 1. The Kier molecular flexibility index (Phi) is 3.63. The number of fused-ring (bicyclic) bond motifs is 3. The molecule has 1 aromatic heterocycles. The molecule has 0 bridgehead atoms. The van der Waals surface area contributed by atoms with E-state index in [4.69, 9.17) is 4.74 Å². The molecule has 0 N–H and O–H groups in total. The third kappa shape index (κ3) is 2.23. The van der Waals surface area contributed by atoms with Crippen molar-refractivity contribution in [3.05, 3.63) is 54.1 Å². The maximum absolute atomic E-state index is 11.8. The lowest BCUT2D eigenvalue weighted by Crippen LogP contribution is -2.07. The summed E-state index contributed by atoms with van der Waals surface area (Å²) in [5.41, 5.74) is 1.87. The Balaban J connectivity index is 2.29. The quantitative estimate of drug-likeness (QED) is 0.419. The smallest absolute Gasteiger partial charge is 0.350 e. The van der Waals surface area contributed by atoms with Crippen LogP contribution in [0.5, 0.6) is 0 Å². The van der Waals surface area contributed by atoms with Gasteiger partial charge in [-0.05, 0) is 19.1 Å². The average Bonchev–Trinajstić information content (AvgIpc) is 2.87. The van der Waals surface area contributed by atoms with Crippen molar-refractivity contribution in [3.8, 4) is 6.07 Å². The fourth-order valence-corrected chi connectivity index (χ4v) is 2.56. The van der Waals surface area contributed by atoms with E-state index in [1.165, 1.54) is 0 Å². The number of nitrogens with zero attached hydrogens (tertiary/aromatic N) is 2. The van der Waals surface area contributed by atoms with Crippen molar-refractivity contribution >= 4 is 34.0 Å². The van der Waals surface area contributed by atoms with Crippen molar-refractivity contribution in [1.29, 1.82) is 5.26 Å². The lowest BCUT2D eigenvalue weighted by molar-refractivity contribution is -0.137. The number of benzene rings is 2. The van der Waals surface area contributed by atoms with Crippen molar-refractivity contribution in [1.82, 2.24) is 4.57 Å². The van der Waals surface area contributed by atoms with Gasteiger partial charge in [-0.1, -0.05) is 36.4 Å². The van der Waals surface area contributed by atoms with E-state index in [-0.39, 0.29) is 12.2 Å². The molecule has 2 aromatic carbocycles. The number of hydrogen-bond donors (Lipinski definition) is 0. The van der Waals surface area contributed by atoms with Crippen LogP contribution in [0, 0.1) is 11.3 Å². The van der Waals surface area contributed by atoms with Crippen molar-refractivity contribution in [2.45, 2.75) is 6.92 Å². The highest BCUT2D eigenvalue weighted by molar-refractivity contribution is 6.10. The van der Waals surface area contributed by atoms with Gasteiger partial charge in [0.05, 0.1) is 17.6 Å². The van der Waals surface area contributed by atoms with Gasteiger partial charge in [-0.2, -0.15) is 5.26 Å². The van der Waals surface area contributed by atoms with E-state index >= 15 is 0 Å². The van der Waals surface area contributed by atoms with Gasteiger partial charge in [0.2, 0.25) is 0 Å². The molecule has 0 atom stereocenters. The fraction of sp³-hybridized carbons (Fsp3) is 0.111. The van der Waals surface area contributed by atoms with Gasteiger partial charge in [-0.3, -0.25) is 0 Å². The van der Waals surface area contributed by atoms with Crippen LogP contribution in [0.1, 0.15) is 6.92 Å². The first-order valence-corrected chi connectivity index (χ1v) is 7.03. The molecule has 0 aliphatic heterocycles. The van der Waals surface area contributed by atoms with E-state index in [1.807, 2.05) is 59.2 Å². The van der Waals surface area contributed by atoms with Crippen LogP contribution in [-0.4, -0.2) is 17.1 Å². The SMILES string of the molecule is CCOC(=O)/C(C#N)=C/n1c2ccccc2c2ccccc21. The summed E-state index contributed by atoms with van der Waals surface area (Å²) in [7, 11) is 0. The van der Waals surface area contributed by atoms with Gasteiger partial charge in [0.1, 0.15) is 6.07 Å². The average molecular weight is 290 g/mol. The normalized spacial score (nSPS) is 11.5. The van der Waals surface area contributed by atoms with Crippen LogP contribution >= 0.6 is 0 Å². The number of para-hydroxylation sites is 2. The van der Waals surface area contributed by atoms with Crippen LogP contribution in [-0.2, 0) is 9.53 Å². The van der Waals surface area contributed by atoms with Crippen molar-refractivity contribution in [2.75, 3.05) is 6.61 Å². The first-order valence-electron chi connectivity index (χ1n) is 7.03. The molecule has 0 radical (unpaired) electrons. The first-order chi connectivity index (χ1) is 10.8. The van der Waals surface area contributed by atoms with E-state index in [0.29, 0.717) is 0 Å². The Bertz CT molecular complexity index is 876. The summed E-state index contributed by atoms with van der Waals surface area (Å²) < 4.78 is 6.79. The molecule has 0 saturated heterocycles. The van der Waals surface area contributed by atoms with Crippen LogP contribution in [0.3, 0.4) is 0 Å². The third-order valence-electron chi connectivity index (χ3n) is 3.49. The summed E-state index contributed by atoms with van der Waals surface area (Å²) in [6, 6.07) is 17.7. The Labute approximate surface area is 127 Å². The van der Waals surface area contributed by atoms with Gasteiger partial charge < -0.3 is 9.30 Å². The van der Waals surface area contributed by atoms with Gasteiger partial charge in [0, 0.05) is 17.0 Å². The lowest BCUT2D eigenvalue weighted by Gasteiger charge is -2.03. The molecule has 4 nitrogen and oxygen atoms in total. The van der Waals surface area contributed by atoms with Gasteiger partial charge in [-0.15, -0.1) is 0 Å². The van der Waals surface area contributed by atoms with Crippen LogP contribution in [0.25, 0.3) is 28.0 Å². The van der Waals surface area contributed by atoms with E-state index in [2.05, 4.69) is 0 Å². The molecule has 1 heterocycles. The largest absolute Gasteiger partial charge is 0.462 e. The van der Waals surface area contributed by atoms with Crippen LogP contribution in [0.15, 0.2) is 54.1 Å². The Morgan fingerprint density at radius 3 is 2.18 bits per heavy atom. The maximum atomic E-state index is 11.8. The summed E-state index contributed by atoms with van der Waals surface area (Å²) in [6.07, 6.45) is 1.54. The van der Waals surface area contributed by atoms with Crippen molar-refractivity contribution in [2.24, 2.45) is 0 Å². The van der Waals surface area contributed by atoms with E-state index in [9.17, 15) is 10.1 Å². The summed E-state index contributed by atoms with van der Waals surface area (Å²) in [5, 5.41) is 11.4. The molecule has 0 unspecified atom stereocenters. The van der Waals surface area contributed by atoms with Gasteiger partial charge >= 0.3 is 5.97 Å². The van der Waals surface area contributed by atoms with Gasteiger partial charge in [0.15, 0.2) is 5.57 Å². The molecule has 4 heteroatoms. The zero-order valence-corrected chi connectivity index (χ0v) is 12.1. The Hall–Kier alpha value is -3.06. The number of carbonyl (C=O) groups excluding carboxylic acids is 1. The zero-order chi connectivity index (χ0) is 15.5. The van der Waals surface area contributed by atoms with Crippen molar-refractivity contribution in [3.63, 3.8) is 0 Å². The summed E-state index contributed by atoms with van der Waals surface area (Å²) >= 11 is 0. The minimum absolute atomic E-state index is 0.0200. The second kappa shape index (κ2) is 5.74. The van der Waals surface area contributed by atoms with Crippen LogP contribution in [0.4, 0.5) is 0 Å². The fourth-order valence-electron chi connectivity index (χ4n) is 2.56. The topological polar surface area (TPSA) is 55.0 Å². The monoisotopic (exact) mass is 290 g/mol. The molecule has 0 aliphatic carbocycles. The highest BCUT2D eigenvalue weighted by atomic mass is 16.5. The first kappa shape index (κ1) is 13.9. The number of hydrogen-bond acceptors (Lipinski definition) is 3. The van der Waals surface area contributed by atoms with Gasteiger partial charge in [0.25, 0.3) is 0 Å². The van der Waals surface area contributed by atoms with Crippen molar-refractivity contribution < 1.29 is 9.53 Å². The minimum atomic E-state index is -0.605. The summed E-state index contributed by atoms with van der Waals surface area (Å²) in [4.78, 5) is 11.8. The molecule has 0 amide bonds. The predicted octanol–water partition coefficient (Wildman–Crippen LogP) is 3.72. The van der Waals surface area contributed by atoms with E-state index < -0.39 is 5.97 Å². The number of esters is 1. The lowest BCUT2D eigenvalue weighted by atomic mass is 10.2. The third-order valence-corrected chi connectivity index (χ3v) is 3.49. The summed E-state index contributed by atoms with van der Waals surface area (Å²) in [5.74, 6) is -0.605. The molecule has 0 spiro atoms. The second-order valence-corrected chi connectivity index (χ2v) is 4.78. The molecule has 3 rings (SSSR count). The molecular formula is C18H14N2O2. The number of carbonyl (C=O) groups is 1. The molecule has 0 aliphatic rings. The Morgan fingerprint density at radius 1 is 1.14 bits per heavy atom.